The van der Waals surface area contributed by atoms with Gasteiger partial charge in [-0.25, -0.2) is 18.8 Å². The Bertz CT molecular complexity index is 1130. The molecule has 1 unspecified atom stereocenters. The second kappa shape index (κ2) is 7.92. The number of aromatic nitrogens is 2. The third-order valence-corrected chi connectivity index (χ3v) is 7.73. The minimum Gasteiger partial charge on any atom is -0.477 e. The van der Waals surface area contributed by atoms with Crippen molar-refractivity contribution in [2.24, 2.45) is 9.50 Å². The predicted molar refractivity (Wildman–Crippen MR) is 116 cm³/mol. The molecule has 10 heteroatoms. The van der Waals surface area contributed by atoms with Crippen LogP contribution >= 0.6 is 0 Å². The van der Waals surface area contributed by atoms with Crippen LogP contribution in [-0.4, -0.2) is 39.8 Å². The zero-order valence-corrected chi connectivity index (χ0v) is 18.4. The van der Waals surface area contributed by atoms with E-state index in [4.69, 9.17) is 14.6 Å². The molecule has 5 rings (SSSR count). The number of hydrogen-bond acceptors (Lipinski definition) is 5. The van der Waals surface area contributed by atoms with Crippen LogP contribution in [0.15, 0.2) is 21.5 Å². The number of hydrogen-bond donors (Lipinski definition) is 2. The summed E-state index contributed by atoms with van der Waals surface area (Å²) < 4.78 is 29.8. The van der Waals surface area contributed by atoms with Crippen LogP contribution < -0.4 is 15.2 Å². The van der Waals surface area contributed by atoms with Crippen molar-refractivity contribution in [1.82, 2.24) is 9.78 Å². The van der Waals surface area contributed by atoms with Crippen LogP contribution in [0.4, 0.5) is 10.5 Å². The molecule has 2 heterocycles. The number of nitrogens with two attached hydrogens (primary N) is 1. The van der Waals surface area contributed by atoms with E-state index < -0.39 is 15.9 Å². The second-order valence-electron chi connectivity index (χ2n) is 8.32. The summed E-state index contributed by atoms with van der Waals surface area (Å²) in [5.41, 5.74) is 5.81. The topological polar surface area (TPSA) is 121 Å². The zero-order valence-electron chi connectivity index (χ0n) is 17.6. The van der Waals surface area contributed by atoms with Crippen LogP contribution in [0.1, 0.15) is 41.5 Å². The number of rotatable bonds is 3. The van der Waals surface area contributed by atoms with E-state index in [-0.39, 0.29) is 16.9 Å². The first-order valence-corrected chi connectivity index (χ1v) is 12.3. The maximum absolute atomic E-state index is 13.2. The number of aryl methyl sites for hydroxylation is 2. The molecule has 1 aliphatic heterocycles. The highest BCUT2D eigenvalue weighted by Crippen LogP contribution is 2.38. The Morgan fingerprint density at radius 3 is 2.68 bits per heavy atom. The molecule has 3 aliphatic rings. The Balaban J connectivity index is 1.45. The number of nitrogens with one attached hydrogen (secondary N) is 1. The Labute approximate surface area is 181 Å². The van der Waals surface area contributed by atoms with Gasteiger partial charge in [0.25, 0.3) is 0 Å². The van der Waals surface area contributed by atoms with Crippen LogP contribution in [-0.2, 0) is 46.9 Å². The second-order valence-corrected chi connectivity index (χ2v) is 10.1. The summed E-state index contributed by atoms with van der Waals surface area (Å²) in [6.45, 7) is 0.830. The Morgan fingerprint density at radius 2 is 2.00 bits per heavy atom. The SMILES string of the molecule is CO[C@@H]1CCOc2c(S(N)(=O)=NC(=O)Nc3c4c(cc5c3CCC5)CCC4)cnn2C1. The molecule has 166 valence electrons. The highest BCUT2D eigenvalue weighted by Gasteiger charge is 2.28. The number of benzene rings is 1. The highest BCUT2D eigenvalue weighted by molar-refractivity contribution is 7.91. The summed E-state index contributed by atoms with van der Waals surface area (Å²) >= 11 is 0. The lowest BCUT2D eigenvalue weighted by Crippen LogP contribution is -2.19. The smallest absolute Gasteiger partial charge is 0.354 e. The summed E-state index contributed by atoms with van der Waals surface area (Å²) in [5.74, 6) is 0.282. The summed E-state index contributed by atoms with van der Waals surface area (Å²) in [5, 5.41) is 13.2. The average molecular weight is 446 g/mol. The maximum Gasteiger partial charge on any atom is 0.354 e. The van der Waals surface area contributed by atoms with E-state index in [1.54, 1.807) is 11.8 Å². The standard InChI is InChI=1S/C21H27N5O4S/c1-29-15-8-9-30-20-18(11-23-26(20)12-15)31(22,28)25-21(27)24-19-16-6-2-4-13(16)10-14-5-3-7-17(14)19/h10-11,15H,2-9,12H2,1H3,(H3,22,24,25,27,28)/t15-,31?/m1/s1. The fraction of sp³-hybridized carbons (Fsp3) is 0.524. The highest BCUT2D eigenvalue weighted by atomic mass is 32.2. The molecular formula is C21H27N5O4S. The van der Waals surface area contributed by atoms with Crippen LogP contribution in [0.25, 0.3) is 0 Å². The van der Waals surface area contributed by atoms with Crippen molar-refractivity contribution in [3.63, 3.8) is 0 Å². The first-order valence-electron chi connectivity index (χ1n) is 10.7. The number of amides is 2. The van der Waals surface area contributed by atoms with E-state index in [1.165, 1.54) is 28.5 Å². The van der Waals surface area contributed by atoms with E-state index in [2.05, 4.69) is 20.8 Å². The van der Waals surface area contributed by atoms with Crippen molar-refractivity contribution < 1.29 is 18.5 Å². The molecule has 3 N–H and O–H groups in total. The van der Waals surface area contributed by atoms with Crippen molar-refractivity contribution in [2.75, 3.05) is 19.0 Å². The van der Waals surface area contributed by atoms with Gasteiger partial charge in [0, 0.05) is 19.2 Å². The van der Waals surface area contributed by atoms with Crippen molar-refractivity contribution in [1.29, 1.82) is 0 Å². The molecule has 0 spiro atoms. The van der Waals surface area contributed by atoms with Gasteiger partial charge in [-0.15, -0.1) is 4.36 Å². The Hall–Kier alpha value is -2.43. The lowest BCUT2D eigenvalue weighted by molar-refractivity contribution is 0.0775. The minimum atomic E-state index is -3.53. The third-order valence-electron chi connectivity index (χ3n) is 6.39. The van der Waals surface area contributed by atoms with Gasteiger partial charge in [0.2, 0.25) is 5.88 Å². The number of urea groups is 1. The number of carbonyl (C=O) groups is 1. The molecule has 2 aliphatic carbocycles. The summed E-state index contributed by atoms with van der Waals surface area (Å²) in [4.78, 5) is 13.0. The summed E-state index contributed by atoms with van der Waals surface area (Å²) in [6.07, 6.45) is 8.05. The molecule has 2 aromatic rings. The number of ether oxygens (including phenoxy) is 2. The molecule has 0 radical (unpaired) electrons. The van der Waals surface area contributed by atoms with Crippen molar-refractivity contribution in [2.45, 2.75) is 62.5 Å². The van der Waals surface area contributed by atoms with Gasteiger partial charge in [-0.3, -0.25) is 0 Å². The van der Waals surface area contributed by atoms with Gasteiger partial charge in [-0.05, 0) is 60.8 Å². The molecule has 0 bridgehead atoms. The summed E-state index contributed by atoms with van der Waals surface area (Å²) in [7, 11) is -1.90. The van der Waals surface area contributed by atoms with E-state index in [9.17, 15) is 9.00 Å². The molecule has 31 heavy (non-hydrogen) atoms. The van der Waals surface area contributed by atoms with Gasteiger partial charge < -0.3 is 14.8 Å². The minimum absolute atomic E-state index is 0.0645. The number of nitrogens with zero attached hydrogens (tertiary/aromatic N) is 3. The van der Waals surface area contributed by atoms with Gasteiger partial charge in [0.15, 0.2) is 9.92 Å². The fourth-order valence-corrected chi connectivity index (χ4v) is 5.87. The average Bonchev–Trinajstić information content (AvgIpc) is 3.44. The number of anilines is 1. The molecule has 2 atom stereocenters. The van der Waals surface area contributed by atoms with Crippen molar-refractivity contribution >= 4 is 21.6 Å². The van der Waals surface area contributed by atoms with E-state index in [0.717, 1.165) is 44.2 Å². The van der Waals surface area contributed by atoms with E-state index >= 15 is 0 Å². The summed E-state index contributed by atoms with van der Waals surface area (Å²) in [6, 6.07) is 1.58. The van der Waals surface area contributed by atoms with Crippen LogP contribution in [0.2, 0.25) is 0 Å². The number of fused-ring (bicyclic) bond motifs is 3. The molecule has 1 aromatic heterocycles. The molecule has 1 aromatic carbocycles. The van der Waals surface area contributed by atoms with Crippen molar-refractivity contribution in [3.05, 3.63) is 34.5 Å². The maximum atomic E-state index is 13.2. The number of carbonyl (C=O) groups excluding carboxylic acids is 1. The fourth-order valence-electron chi connectivity index (χ4n) is 4.87. The first kappa shape index (κ1) is 20.5. The largest absolute Gasteiger partial charge is 0.477 e. The monoisotopic (exact) mass is 445 g/mol. The quantitative estimate of drug-likeness (QED) is 0.752. The molecule has 0 saturated carbocycles. The molecular weight excluding hydrogens is 418 g/mol. The zero-order chi connectivity index (χ0) is 21.6. The first-order chi connectivity index (χ1) is 15.0. The normalized spacial score (nSPS) is 21.3. The number of methoxy groups -OCH3 is 1. The van der Waals surface area contributed by atoms with E-state index in [1.807, 2.05) is 0 Å². The van der Waals surface area contributed by atoms with Gasteiger partial charge in [-0.2, -0.15) is 5.10 Å². The van der Waals surface area contributed by atoms with Crippen LogP contribution in [0, 0.1) is 0 Å². The van der Waals surface area contributed by atoms with Crippen LogP contribution in [0.5, 0.6) is 5.88 Å². The van der Waals surface area contributed by atoms with Crippen LogP contribution in [0.3, 0.4) is 0 Å². The molecule has 2 amide bonds. The van der Waals surface area contributed by atoms with Gasteiger partial charge in [0.1, 0.15) is 4.90 Å². The van der Waals surface area contributed by atoms with Gasteiger partial charge in [-0.1, -0.05) is 6.07 Å². The van der Waals surface area contributed by atoms with Gasteiger partial charge >= 0.3 is 6.03 Å². The van der Waals surface area contributed by atoms with Gasteiger partial charge in [0.05, 0.1) is 25.5 Å². The molecule has 9 nitrogen and oxygen atoms in total. The third kappa shape index (κ3) is 3.72. The lowest BCUT2D eigenvalue weighted by Gasteiger charge is -2.15. The van der Waals surface area contributed by atoms with E-state index in [0.29, 0.717) is 19.6 Å². The molecule has 0 saturated heterocycles. The molecule has 0 fully saturated rings. The predicted octanol–water partition coefficient (Wildman–Crippen LogP) is 2.59. The Kier molecular flexibility index (Phi) is 5.23. The van der Waals surface area contributed by atoms with Crippen molar-refractivity contribution in [3.8, 4) is 5.88 Å². The Morgan fingerprint density at radius 1 is 1.29 bits per heavy atom. The lowest BCUT2D eigenvalue weighted by atomic mass is 9.99.